The highest BCUT2D eigenvalue weighted by atomic mass is 16.5. The monoisotopic (exact) mass is 273 g/mol. The molecule has 0 radical (unpaired) electrons. The third kappa shape index (κ3) is 3.20. The fourth-order valence-electron chi connectivity index (χ4n) is 2.07. The molecule has 1 atom stereocenters. The summed E-state index contributed by atoms with van der Waals surface area (Å²) in [5.74, 6) is 0.651. The van der Waals surface area contributed by atoms with Crippen LogP contribution in [0.1, 0.15) is 18.9 Å². The second-order valence-electron chi connectivity index (χ2n) is 5.09. The van der Waals surface area contributed by atoms with Crippen molar-refractivity contribution in [2.45, 2.75) is 24.9 Å². The van der Waals surface area contributed by atoms with Crippen LogP contribution in [0.4, 0.5) is 0 Å². The first-order valence-corrected chi connectivity index (χ1v) is 6.94. The van der Waals surface area contributed by atoms with E-state index in [1.165, 1.54) is 12.8 Å². The number of ether oxygens (including phenoxy) is 1. The Hall–Kier alpha value is -1.79. The zero-order valence-corrected chi connectivity index (χ0v) is 11.6. The van der Waals surface area contributed by atoms with Crippen LogP contribution in [0.15, 0.2) is 30.3 Å². The summed E-state index contributed by atoms with van der Waals surface area (Å²) in [7, 11) is 1.69. The lowest BCUT2D eigenvalue weighted by Gasteiger charge is -2.14. The van der Waals surface area contributed by atoms with E-state index in [4.69, 9.17) is 4.74 Å². The Balaban J connectivity index is 1.72. The molecule has 1 saturated carbocycles. The molecule has 20 heavy (non-hydrogen) atoms. The van der Waals surface area contributed by atoms with Gasteiger partial charge in [-0.05, 0) is 18.1 Å². The standard InChI is InChI=1S/C14H19N5O/c1-20-10-13(9-15-12-7-8-12)19-17-14(16-18-19)11-5-3-2-4-6-11/h2-6,12-13,15H,7-10H2,1H3. The minimum absolute atomic E-state index is 0.0746. The molecule has 6 nitrogen and oxygen atoms in total. The third-order valence-corrected chi connectivity index (χ3v) is 3.37. The topological polar surface area (TPSA) is 64.9 Å². The third-order valence-electron chi connectivity index (χ3n) is 3.37. The van der Waals surface area contributed by atoms with Gasteiger partial charge in [0.2, 0.25) is 5.82 Å². The van der Waals surface area contributed by atoms with Crippen LogP contribution in [0.25, 0.3) is 11.4 Å². The van der Waals surface area contributed by atoms with E-state index in [9.17, 15) is 0 Å². The molecule has 1 aromatic carbocycles. The number of hydrogen-bond acceptors (Lipinski definition) is 5. The van der Waals surface area contributed by atoms with Crippen molar-refractivity contribution in [3.63, 3.8) is 0 Å². The second-order valence-corrected chi connectivity index (χ2v) is 5.09. The van der Waals surface area contributed by atoms with E-state index >= 15 is 0 Å². The summed E-state index contributed by atoms with van der Waals surface area (Å²) < 4.78 is 5.26. The summed E-state index contributed by atoms with van der Waals surface area (Å²) in [6.07, 6.45) is 2.53. The number of aromatic nitrogens is 4. The molecule has 0 aliphatic heterocycles. The van der Waals surface area contributed by atoms with Crippen LogP contribution in [0.3, 0.4) is 0 Å². The van der Waals surface area contributed by atoms with Crippen molar-refractivity contribution in [1.82, 2.24) is 25.5 Å². The number of benzene rings is 1. The number of methoxy groups -OCH3 is 1. The van der Waals surface area contributed by atoms with Gasteiger partial charge in [0.1, 0.15) is 6.04 Å². The van der Waals surface area contributed by atoms with Crippen molar-refractivity contribution in [3.05, 3.63) is 30.3 Å². The zero-order valence-electron chi connectivity index (χ0n) is 11.6. The van der Waals surface area contributed by atoms with Crippen LogP contribution in [0.2, 0.25) is 0 Å². The molecule has 1 aliphatic rings. The lowest BCUT2D eigenvalue weighted by atomic mass is 10.2. The van der Waals surface area contributed by atoms with Gasteiger partial charge in [0.15, 0.2) is 0 Å². The molecule has 1 unspecified atom stereocenters. The minimum atomic E-state index is 0.0746. The minimum Gasteiger partial charge on any atom is -0.382 e. The number of nitrogens with zero attached hydrogens (tertiary/aromatic N) is 4. The first-order valence-electron chi connectivity index (χ1n) is 6.94. The Labute approximate surface area is 118 Å². The van der Waals surface area contributed by atoms with Crippen LogP contribution < -0.4 is 5.32 Å². The van der Waals surface area contributed by atoms with Crippen LogP contribution in [0.5, 0.6) is 0 Å². The van der Waals surface area contributed by atoms with E-state index in [-0.39, 0.29) is 6.04 Å². The lowest BCUT2D eigenvalue weighted by Crippen LogP contribution is -2.31. The Morgan fingerprint density at radius 2 is 2.15 bits per heavy atom. The Morgan fingerprint density at radius 1 is 1.35 bits per heavy atom. The van der Waals surface area contributed by atoms with Gasteiger partial charge >= 0.3 is 0 Å². The van der Waals surface area contributed by atoms with Gasteiger partial charge in [0.25, 0.3) is 0 Å². The van der Waals surface area contributed by atoms with Crippen molar-refractivity contribution in [2.24, 2.45) is 0 Å². The highest BCUT2D eigenvalue weighted by molar-refractivity contribution is 5.52. The Morgan fingerprint density at radius 3 is 2.85 bits per heavy atom. The molecule has 1 fully saturated rings. The number of rotatable bonds is 7. The summed E-state index contributed by atoms with van der Waals surface area (Å²) in [5.41, 5.74) is 0.977. The molecule has 1 N–H and O–H groups in total. The Kier molecular flexibility index (Phi) is 4.03. The van der Waals surface area contributed by atoms with Crippen LogP contribution in [0, 0.1) is 0 Å². The van der Waals surface area contributed by atoms with Crippen molar-refractivity contribution in [1.29, 1.82) is 0 Å². The fraction of sp³-hybridized carbons (Fsp3) is 0.500. The molecule has 1 aliphatic carbocycles. The summed E-state index contributed by atoms with van der Waals surface area (Å²) in [6.45, 7) is 1.38. The molecule has 3 rings (SSSR count). The average molecular weight is 273 g/mol. The molecule has 0 saturated heterocycles. The van der Waals surface area contributed by atoms with Crippen LogP contribution >= 0.6 is 0 Å². The smallest absolute Gasteiger partial charge is 0.204 e. The van der Waals surface area contributed by atoms with Crippen molar-refractivity contribution >= 4 is 0 Å². The van der Waals surface area contributed by atoms with E-state index in [2.05, 4.69) is 20.7 Å². The van der Waals surface area contributed by atoms with Gasteiger partial charge < -0.3 is 10.1 Å². The van der Waals surface area contributed by atoms with Gasteiger partial charge in [0.05, 0.1) is 6.61 Å². The molecular weight excluding hydrogens is 254 g/mol. The van der Waals surface area contributed by atoms with E-state index in [0.29, 0.717) is 18.5 Å². The summed E-state index contributed by atoms with van der Waals surface area (Å²) in [6, 6.07) is 10.6. The second kappa shape index (κ2) is 6.11. The number of tetrazole rings is 1. The number of nitrogens with one attached hydrogen (secondary N) is 1. The zero-order chi connectivity index (χ0) is 13.8. The van der Waals surface area contributed by atoms with Gasteiger partial charge in [-0.25, -0.2) is 0 Å². The first-order chi connectivity index (χ1) is 9.86. The van der Waals surface area contributed by atoms with Gasteiger partial charge in [0, 0.05) is 25.3 Å². The fourth-order valence-corrected chi connectivity index (χ4v) is 2.07. The van der Waals surface area contributed by atoms with Crippen molar-refractivity contribution in [2.75, 3.05) is 20.3 Å². The maximum Gasteiger partial charge on any atom is 0.204 e. The van der Waals surface area contributed by atoms with E-state index in [1.54, 1.807) is 11.9 Å². The molecule has 1 heterocycles. The van der Waals surface area contributed by atoms with Gasteiger partial charge in [-0.1, -0.05) is 30.3 Å². The molecule has 6 heteroatoms. The molecule has 0 amide bonds. The predicted octanol–water partition coefficient (Wildman–Crippen LogP) is 1.28. The maximum atomic E-state index is 5.26. The van der Waals surface area contributed by atoms with Gasteiger partial charge in [-0.3, -0.25) is 0 Å². The van der Waals surface area contributed by atoms with Gasteiger partial charge in [-0.2, -0.15) is 4.80 Å². The highest BCUT2D eigenvalue weighted by Gasteiger charge is 2.23. The molecular formula is C14H19N5O. The van der Waals surface area contributed by atoms with Crippen LogP contribution in [-0.2, 0) is 4.74 Å². The SMILES string of the molecule is COCC(CNC1CC1)n1nnc(-c2ccccc2)n1. The van der Waals surface area contributed by atoms with E-state index < -0.39 is 0 Å². The van der Waals surface area contributed by atoms with Gasteiger partial charge in [-0.15, -0.1) is 10.2 Å². The average Bonchev–Trinajstić information content (AvgIpc) is 3.19. The predicted molar refractivity (Wildman–Crippen MR) is 75.2 cm³/mol. The first kappa shape index (κ1) is 13.2. The highest BCUT2D eigenvalue weighted by Crippen LogP contribution is 2.19. The summed E-state index contributed by atoms with van der Waals surface area (Å²) in [4.78, 5) is 1.65. The number of hydrogen-bond donors (Lipinski definition) is 1. The Bertz CT molecular complexity index is 538. The van der Waals surface area contributed by atoms with Crippen LogP contribution in [-0.4, -0.2) is 46.5 Å². The molecule has 0 spiro atoms. The largest absolute Gasteiger partial charge is 0.382 e. The van der Waals surface area contributed by atoms with Crippen molar-refractivity contribution in [3.8, 4) is 11.4 Å². The quantitative estimate of drug-likeness (QED) is 0.823. The van der Waals surface area contributed by atoms with Crippen molar-refractivity contribution < 1.29 is 4.74 Å². The van der Waals surface area contributed by atoms with E-state index in [1.807, 2.05) is 30.3 Å². The molecule has 106 valence electrons. The molecule has 0 bridgehead atoms. The lowest BCUT2D eigenvalue weighted by molar-refractivity contribution is 0.140. The molecule has 2 aromatic rings. The summed E-state index contributed by atoms with van der Waals surface area (Å²) >= 11 is 0. The summed E-state index contributed by atoms with van der Waals surface area (Å²) in [5, 5.41) is 16.2. The maximum absolute atomic E-state index is 5.26. The molecule has 1 aromatic heterocycles. The normalized spacial score (nSPS) is 16.2. The van der Waals surface area contributed by atoms with E-state index in [0.717, 1.165) is 12.1 Å².